The van der Waals surface area contributed by atoms with Crippen molar-refractivity contribution in [3.05, 3.63) is 52.6 Å². The van der Waals surface area contributed by atoms with Gasteiger partial charge in [-0.05, 0) is 28.6 Å². The van der Waals surface area contributed by atoms with E-state index in [2.05, 4.69) is 27.0 Å². The Bertz CT molecular complexity index is 696. The second-order valence-corrected chi connectivity index (χ2v) is 5.55. The van der Waals surface area contributed by atoms with Gasteiger partial charge in [0.15, 0.2) is 5.82 Å². The number of hydrogen-bond donors (Lipinski definition) is 0. The molecule has 19 heavy (non-hydrogen) atoms. The van der Waals surface area contributed by atoms with Gasteiger partial charge < -0.3 is 4.90 Å². The first-order valence-corrected chi connectivity index (χ1v) is 7.15. The second-order valence-electron chi connectivity index (χ2n) is 4.29. The Morgan fingerprint density at radius 1 is 1.16 bits per heavy atom. The molecule has 0 saturated heterocycles. The van der Waals surface area contributed by atoms with Crippen LogP contribution in [-0.2, 0) is 6.54 Å². The number of nitrogens with zero attached hydrogens (tertiary/aromatic N) is 3. The summed E-state index contributed by atoms with van der Waals surface area (Å²) in [6.45, 7) is 0.793. The van der Waals surface area contributed by atoms with Crippen LogP contribution < -0.4 is 4.90 Å². The average Bonchev–Trinajstić information content (AvgIpc) is 2.86. The lowest BCUT2D eigenvalue weighted by Gasteiger charge is -2.18. The molecule has 3 aromatic rings. The van der Waals surface area contributed by atoms with Crippen LogP contribution in [0.5, 0.6) is 0 Å². The fourth-order valence-corrected chi connectivity index (χ4v) is 3.06. The summed E-state index contributed by atoms with van der Waals surface area (Å²) in [5, 5.41) is 2.30. The third-order valence-corrected chi connectivity index (χ3v) is 3.95. The van der Waals surface area contributed by atoms with Gasteiger partial charge in [-0.2, -0.15) is 4.98 Å². The van der Waals surface area contributed by atoms with Crippen LogP contribution in [0, 0.1) is 0 Å². The maximum Gasteiger partial charge on any atom is 0.224 e. The fourth-order valence-electron chi connectivity index (χ4n) is 2.01. The summed E-state index contributed by atoms with van der Waals surface area (Å²) < 4.78 is 1.07. The standard InChI is InChI=1S/C14H12ClN3S/c1-18(9-10-5-3-2-4-6-10)13-12-11(7-8-19-12)16-14(15)17-13/h2-8H,9H2,1H3. The number of rotatable bonds is 3. The van der Waals surface area contributed by atoms with E-state index in [0.717, 1.165) is 22.6 Å². The van der Waals surface area contributed by atoms with Crippen molar-refractivity contribution in [1.82, 2.24) is 9.97 Å². The predicted molar refractivity (Wildman–Crippen MR) is 81.0 cm³/mol. The van der Waals surface area contributed by atoms with Crippen LogP contribution in [0.3, 0.4) is 0 Å². The molecule has 0 aliphatic carbocycles. The summed E-state index contributed by atoms with van der Waals surface area (Å²) >= 11 is 7.62. The van der Waals surface area contributed by atoms with Crippen molar-refractivity contribution < 1.29 is 0 Å². The van der Waals surface area contributed by atoms with Crippen molar-refractivity contribution in [2.24, 2.45) is 0 Å². The second kappa shape index (κ2) is 5.15. The van der Waals surface area contributed by atoms with E-state index in [1.165, 1.54) is 5.56 Å². The smallest absolute Gasteiger partial charge is 0.224 e. The Kier molecular flexibility index (Phi) is 3.36. The Labute approximate surface area is 120 Å². The summed E-state index contributed by atoms with van der Waals surface area (Å²) in [5.74, 6) is 0.883. The normalized spacial score (nSPS) is 10.8. The lowest BCUT2D eigenvalue weighted by molar-refractivity contribution is 0.902. The van der Waals surface area contributed by atoms with E-state index in [4.69, 9.17) is 11.6 Å². The van der Waals surface area contributed by atoms with Crippen molar-refractivity contribution in [3.63, 3.8) is 0 Å². The quantitative estimate of drug-likeness (QED) is 0.683. The number of fused-ring (bicyclic) bond motifs is 1. The predicted octanol–water partition coefficient (Wildman–Crippen LogP) is 3.98. The van der Waals surface area contributed by atoms with Crippen molar-refractivity contribution >= 4 is 39.0 Å². The zero-order chi connectivity index (χ0) is 13.2. The summed E-state index contributed by atoms with van der Waals surface area (Å²) in [7, 11) is 2.02. The summed E-state index contributed by atoms with van der Waals surface area (Å²) in [6.07, 6.45) is 0. The van der Waals surface area contributed by atoms with E-state index in [-0.39, 0.29) is 0 Å². The van der Waals surface area contributed by atoms with Crippen LogP contribution in [0.4, 0.5) is 5.82 Å². The van der Waals surface area contributed by atoms with E-state index in [0.29, 0.717) is 5.28 Å². The molecule has 0 N–H and O–H groups in total. The van der Waals surface area contributed by atoms with E-state index in [1.54, 1.807) is 11.3 Å². The van der Waals surface area contributed by atoms with Gasteiger partial charge in [-0.3, -0.25) is 0 Å². The van der Waals surface area contributed by atoms with Crippen LogP contribution in [-0.4, -0.2) is 17.0 Å². The number of hydrogen-bond acceptors (Lipinski definition) is 4. The molecule has 0 aliphatic heterocycles. The molecule has 0 unspecified atom stereocenters. The van der Waals surface area contributed by atoms with Crippen LogP contribution >= 0.6 is 22.9 Å². The van der Waals surface area contributed by atoms with Gasteiger partial charge in [-0.15, -0.1) is 11.3 Å². The third-order valence-electron chi connectivity index (χ3n) is 2.88. The van der Waals surface area contributed by atoms with E-state index in [1.807, 2.05) is 36.7 Å². The maximum atomic E-state index is 5.98. The van der Waals surface area contributed by atoms with Gasteiger partial charge in [0.1, 0.15) is 0 Å². The summed E-state index contributed by atoms with van der Waals surface area (Å²) in [6, 6.07) is 12.3. The number of thiophene rings is 1. The molecule has 96 valence electrons. The van der Waals surface area contributed by atoms with Gasteiger partial charge in [0.2, 0.25) is 5.28 Å². The SMILES string of the molecule is CN(Cc1ccccc1)c1nc(Cl)nc2ccsc12. The minimum absolute atomic E-state index is 0.292. The number of anilines is 1. The summed E-state index contributed by atoms with van der Waals surface area (Å²) in [4.78, 5) is 10.7. The fraction of sp³-hybridized carbons (Fsp3) is 0.143. The van der Waals surface area contributed by atoms with Crippen LogP contribution in [0.1, 0.15) is 5.56 Å². The average molecular weight is 290 g/mol. The molecular formula is C14H12ClN3S. The van der Waals surface area contributed by atoms with Crippen LogP contribution in [0.2, 0.25) is 5.28 Å². The molecule has 0 atom stereocenters. The Morgan fingerprint density at radius 3 is 2.74 bits per heavy atom. The Hall–Kier alpha value is -1.65. The molecule has 1 aromatic carbocycles. The molecule has 0 spiro atoms. The highest BCUT2D eigenvalue weighted by molar-refractivity contribution is 7.17. The minimum Gasteiger partial charge on any atom is -0.354 e. The molecule has 0 fully saturated rings. The molecule has 0 saturated carbocycles. The molecule has 5 heteroatoms. The largest absolute Gasteiger partial charge is 0.354 e. The van der Waals surface area contributed by atoms with Crippen molar-refractivity contribution in [2.45, 2.75) is 6.54 Å². The molecular weight excluding hydrogens is 278 g/mol. The van der Waals surface area contributed by atoms with Crippen molar-refractivity contribution in [1.29, 1.82) is 0 Å². The molecule has 2 heterocycles. The molecule has 0 radical (unpaired) electrons. The maximum absolute atomic E-state index is 5.98. The van der Waals surface area contributed by atoms with Crippen molar-refractivity contribution in [2.75, 3.05) is 11.9 Å². The van der Waals surface area contributed by atoms with E-state index < -0.39 is 0 Å². The van der Waals surface area contributed by atoms with Gasteiger partial charge >= 0.3 is 0 Å². The lowest BCUT2D eigenvalue weighted by Crippen LogP contribution is -2.18. The number of aromatic nitrogens is 2. The first kappa shape index (κ1) is 12.4. The highest BCUT2D eigenvalue weighted by Crippen LogP contribution is 2.29. The highest BCUT2D eigenvalue weighted by Gasteiger charge is 2.12. The topological polar surface area (TPSA) is 29.0 Å². The molecule has 3 nitrogen and oxygen atoms in total. The summed E-state index contributed by atoms with van der Waals surface area (Å²) in [5.41, 5.74) is 2.14. The van der Waals surface area contributed by atoms with Crippen molar-refractivity contribution in [3.8, 4) is 0 Å². The highest BCUT2D eigenvalue weighted by atomic mass is 35.5. The number of halogens is 1. The molecule has 3 rings (SSSR count). The minimum atomic E-state index is 0.292. The number of benzene rings is 1. The molecule has 2 aromatic heterocycles. The Balaban J connectivity index is 1.97. The first-order chi connectivity index (χ1) is 9.24. The lowest BCUT2D eigenvalue weighted by atomic mass is 10.2. The van der Waals surface area contributed by atoms with E-state index in [9.17, 15) is 0 Å². The van der Waals surface area contributed by atoms with E-state index >= 15 is 0 Å². The van der Waals surface area contributed by atoms with Gasteiger partial charge in [-0.25, -0.2) is 4.98 Å². The first-order valence-electron chi connectivity index (χ1n) is 5.90. The van der Waals surface area contributed by atoms with Crippen LogP contribution in [0.25, 0.3) is 10.2 Å². The van der Waals surface area contributed by atoms with Gasteiger partial charge in [0, 0.05) is 13.6 Å². The van der Waals surface area contributed by atoms with Gasteiger partial charge in [-0.1, -0.05) is 30.3 Å². The van der Waals surface area contributed by atoms with Gasteiger partial charge in [0.05, 0.1) is 10.2 Å². The monoisotopic (exact) mass is 289 g/mol. The molecule has 0 amide bonds. The van der Waals surface area contributed by atoms with Crippen LogP contribution in [0.15, 0.2) is 41.8 Å². The third kappa shape index (κ3) is 2.55. The molecule has 0 bridgehead atoms. The van der Waals surface area contributed by atoms with Gasteiger partial charge in [0.25, 0.3) is 0 Å². The Morgan fingerprint density at radius 2 is 1.95 bits per heavy atom. The molecule has 0 aliphatic rings. The zero-order valence-electron chi connectivity index (χ0n) is 10.4. The zero-order valence-corrected chi connectivity index (χ0v) is 11.9.